The van der Waals surface area contributed by atoms with Crippen molar-refractivity contribution in [3.8, 4) is 0 Å². The maximum absolute atomic E-state index is 11.6. The van der Waals surface area contributed by atoms with Crippen molar-refractivity contribution in [3.05, 3.63) is 0 Å². The third-order valence-corrected chi connectivity index (χ3v) is 3.28. The predicted molar refractivity (Wildman–Crippen MR) is 68.4 cm³/mol. The van der Waals surface area contributed by atoms with Gasteiger partial charge in [0.15, 0.2) is 0 Å². The second-order valence-electron chi connectivity index (χ2n) is 4.96. The minimum absolute atomic E-state index is 0.0337. The van der Waals surface area contributed by atoms with Crippen molar-refractivity contribution in [2.24, 2.45) is 5.92 Å². The Kier molecular flexibility index (Phi) is 6.34. The van der Waals surface area contributed by atoms with Crippen molar-refractivity contribution in [1.82, 2.24) is 10.2 Å². The molecule has 20 heavy (non-hydrogen) atoms. The van der Waals surface area contributed by atoms with Crippen LogP contribution in [0.4, 0.5) is 0 Å². The Morgan fingerprint density at radius 2 is 2.15 bits per heavy atom. The SMILES string of the molecule is COC(=O)[C@@H]1C[C@H](O)[C@@H](NC(C)=O)N(C[C@H](O)CO)C1. The number of hydrogen-bond donors (Lipinski definition) is 4. The van der Waals surface area contributed by atoms with E-state index >= 15 is 0 Å². The highest BCUT2D eigenvalue weighted by Crippen LogP contribution is 2.22. The van der Waals surface area contributed by atoms with E-state index in [9.17, 15) is 19.8 Å². The summed E-state index contributed by atoms with van der Waals surface area (Å²) in [5, 5.41) is 31.1. The van der Waals surface area contributed by atoms with Crippen LogP contribution in [-0.2, 0) is 14.3 Å². The molecule has 1 amide bonds. The molecule has 4 N–H and O–H groups in total. The third-order valence-electron chi connectivity index (χ3n) is 3.28. The van der Waals surface area contributed by atoms with Gasteiger partial charge in [0.25, 0.3) is 0 Å². The summed E-state index contributed by atoms with van der Waals surface area (Å²) in [6, 6.07) is 0. The van der Waals surface area contributed by atoms with Crippen LogP contribution in [0.2, 0.25) is 0 Å². The van der Waals surface area contributed by atoms with Crippen molar-refractivity contribution >= 4 is 11.9 Å². The average molecular weight is 290 g/mol. The maximum Gasteiger partial charge on any atom is 0.310 e. The highest BCUT2D eigenvalue weighted by molar-refractivity contribution is 5.74. The fourth-order valence-electron chi connectivity index (χ4n) is 2.38. The lowest BCUT2D eigenvalue weighted by Crippen LogP contribution is -2.62. The molecule has 0 unspecified atom stereocenters. The first kappa shape index (κ1) is 16.8. The Hall–Kier alpha value is -1.22. The first-order chi connectivity index (χ1) is 9.38. The number of nitrogens with one attached hydrogen (secondary N) is 1. The van der Waals surface area contributed by atoms with Crippen LogP contribution < -0.4 is 5.32 Å². The molecule has 1 rings (SSSR count). The Balaban J connectivity index is 2.82. The van der Waals surface area contributed by atoms with E-state index in [0.29, 0.717) is 0 Å². The maximum atomic E-state index is 11.6. The molecular weight excluding hydrogens is 268 g/mol. The normalized spacial score (nSPS) is 28.8. The van der Waals surface area contributed by atoms with E-state index in [0.717, 1.165) is 0 Å². The number of nitrogens with zero attached hydrogens (tertiary/aromatic N) is 1. The van der Waals surface area contributed by atoms with Gasteiger partial charge in [-0.2, -0.15) is 0 Å². The molecule has 0 aromatic carbocycles. The number of carbonyl (C=O) groups is 2. The monoisotopic (exact) mass is 290 g/mol. The summed E-state index contributed by atoms with van der Waals surface area (Å²) in [5.41, 5.74) is 0. The van der Waals surface area contributed by atoms with E-state index in [1.165, 1.54) is 14.0 Å². The van der Waals surface area contributed by atoms with E-state index in [2.05, 4.69) is 10.1 Å². The van der Waals surface area contributed by atoms with Crippen LogP contribution in [0, 0.1) is 5.92 Å². The Morgan fingerprint density at radius 1 is 1.50 bits per heavy atom. The lowest BCUT2D eigenvalue weighted by Gasteiger charge is -2.42. The number of methoxy groups -OCH3 is 1. The van der Waals surface area contributed by atoms with Crippen LogP contribution >= 0.6 is 0 Å². The molecule has 1 aliphatic rings. The van der Waals surface area contributed by atoms with E-state index < -0.39 is 36.9 Å². The highest BCUT2D eigenvalue weighted by atomic mass is 16.5. The minimum Gasteiger partial charge on any atom is -0.469 e. The molecule has 0 spiro atoms. The van der Waals surface area contributed by atoms with Crippen LogP contribution in [0.5, 0.6) is 0 Å². The molecule has 1 aliphatic heterocycles. The third kappa shape index (κ3) is 4.41. The zero-order valence-electron chi connectivity index (χ0n) is 11.7. The molecule has 1 heterocycles. The molecular formula is C12H22N2O6. The van der Waals surface area contributed by atoms with Crippen molar-refractivity contribution in [3.63, 3.8) is 0 Å². The fraction of sp³-hybridized carbons (Fsp3) is 0.833. The molecule has 8 nitrogen and oxygen atoms in total. The van der Waals surface area contributed by atoms with Gasteiger partial charge in [0.2, 0.25) is 5.91 Å². The smallest absolute Gasteiger partial charge is 0.310 e. The first-order valence-corrected chi connectivity index (χ1v) is 6.45. The van der Waals surface area contributed by atoms with Crippen LogP contribution in [0.25, 0.3) is 0 Å². The highest BCUT2D eigenvalue weighted by Gasteiger charge is 2.39. The molecule has 0 saturated carbocycles. The van der Waals surface area contributed by atoms with E-state index in [4.69, 9.17) is 5.11 Å². The zero-order valence-corrected chi connectivity index (χ0v) is 11.7. The Bertz CT molecular complexity index is 351. The number of esters is 1. The summed E-state index contributed by atoms with van der Waals surface area (Å²) in [6.07, 6.45) is -2.50. The van der Waals surface area contributed by atoms with E-state index in [1.807, 2.05) is 0 Å². The number of aliphatic hydroxyl groups excluding tert-OH is 3. The zero-order chi connectivity index (χ0) is 15.3. The van der Waals surface area contributed by atoms with Gasteiger partial charge in [-0.25, -0.2) is 0 Å². The van der Waals surface area contributed by atoms with Gasteiger partial charge in [-0.3, -0.25) is 14.5 Å². The number of rotatable bonds is 5. The summed E-state index contributed by atoms with van der Waals surface area (Å²) >= 11 is 0. The van der Waals surface area contributed by atoms with Gasteiger partial charge in [0.1, 0.15) is 6.17 Å². The molecule has 0 aliphatic carbocycles. The van der Waals surface area contributed by atoms with Gasteiger partial charge in [-0.05, 0) is 6.42 Å². The van der Waals surface area contributed by atoms with Gasteiger partial charge >= 0.3 is 5.97 Å². The van der Waals surface area contributed by atoms with Gasteiger partial charge in [-0.1, -0.05) is 0 Å². The van der Waals surface area contributed by atoms with Crippen LogP contribution in [0.1, 0.15) is 13.3 Å². The average Bonchev–Trinajstić information content (AvgIpc) is 2.40. The quantitative estimate of drug-likeness (QED) is 0.419. The topological polar surface area (TPSA) is 119 Å². The number of likely N-dealkylation sites (tertiary alicyclic amines) is 1. The number of piperidine rings is 1. The molecule has 0 radical (unpaired) electrons. The minimum atomic E-state index is -1.02. The van der Waals surface area contributed by atoms with Gasteiger partial charge in [0.05, 0.1) is 31.8 Å². The Morgan fingerprint density at radius 3 is 2.65 bits per heavy atom. The molecule has 4 atom stereocenters. The molecule has 1 saturated heterocycles. The van der Waals surface area contributed by atoms with Gasteiger partial charge in [0, 0.05) is 20.0 Å². The summed E-state index contributed by atoms with van der Waals surface area (Å²) in [4.78, 5) is 24.3. The van der Waals surface area contributed by atoms with E-state index in [-0.39, 0.29) is 25.4 Å². The van der Waals surface area contributed by atoms with Crippen molar-refractivity contribution < 1.29 is 29.6 Å². The molecule has 0 bridgehead atoms. The number of amides is 1. The van der Waals surface area contributed by atoms with Crippen molar-refractivity contribution in [2.45, 2.75) is 31.7 Å². The number of hydrogen-bond acceptors (Lipinski definition) is 7. The number of ether oxygens (including phenoxy) is 1. The number of aliphatic hydroxyl groups is 3. The van der Waals surface area contributed by atoms with Gasteiger partial charge in [-0.15, -0.1) is 0 Å². The first-order valence-electron chi connectivity index (χ1n) is 6.45. The lowest BCUT2D eigenvalue weighted by atomic mass is 9.93. The van der Waals surface area contributed by atoms with Gasteiger partial charge < -0.3 is 25.4 Å². The molecule has 116 valence electrons. The van der Waals surface area contributed by atoms with E-state index in [1.54, 1.807) is 4.90 Å². The largest absolute Gasteiger partial charge is 0.469 e. The van der Waals surface area contributed by atoms with Crippen LogP contribution in [0.3, 0.4) is 0 Å². The van der Waals surface area contributed by atoms with Crippen molar-refractivity contribution in [2.75, 3.05) is 26.8 Å². The fourth-order valence-corrected chi connectivity index (χ4v) is 2.38. The number of β-amino-alcohol motifs (C(OH)–C–C–N with tert-alkyl or cyclic N) is 1. The second kappa shape index (κ2) is 7.53. The summed E-state index contributed by atoms with van der Waals surface area (Å²) in [6.45, 7) is 1.14. The molecule has 1 fully saturated rings. The van der Waals surface area contributed by atoms with Crippen molar-refractivity contribution in [1.29, 1.82) is 0 Å². The van der Waals surface area contributed by atoms with Crippen LogP contribution in [0.15, 0.2) is 0 Å². The molecule has 0 aromatic rings. The molecule has 8 heteroatoms. The Labute approximate surface area is 117 Å². The lowest BCUT2D eigenvalue weighted by molar-refractivity contribution is -0.153. The number of carbonyl (C=O) groups excluding carboxylic acids is 2. The summed E-state index contributed by atoms with van der Waals surface area (Å²) in [5.74, 6) is -1.31. The predicted octanol–water partition coefficient (Wildman–Crippen LogP) is -2.34. The standard InChI is InChI=1S/C12H22N2O6/c1-7(16)13-11-10(18)3-8(12(19)20-2)4-14(11)5-9(17)6-15/h8-11,15,17-18H,3-6H2,1-2H3,(H,13,16)/t8-,9+,10+,11+/m1/s1. The van der Waals surface area contributed by atoms with Crippen LogP contribution in [-0.4, -0.2) is 77.3 Å². The molecule has 0 aromatic heterocycles. The second-order valence-corrected chi connectivity index (χ2v) is 4.96. The summed E-state index contributed by atoms with van der Waals surface area (Å²) in [7, 11) is 1.27. The summed E-state index contributed by atoms with van der Waals surface area (Å²) < 4.78 is 4.66.